The van der Waals surface area contributed by atoms with Crippen LogP contribution in [0, 0.1) is 5.92 Å². The normalized spacial score (nSPS) is 30.8. The topological polar surface area (TPSA) is 79.8 Å². The molecule has 0 radical (unpaired) electrons. The van der Waals surface area contributed by atoms with Crippen LogP contribution in [0.25, 0.3) is 0 Å². The molecule has 2 fully saturated rings. The minimum Gasteiger partial charge on any atom is -0.373 e. The molecule has 0 aromatic carbocycles. The Hall–Kier alpha value is -0.0900. The van der Waals surface area contributed by atoms with E-state index in [0.29, 0.717) is 24.6 Å². The third-order valence-electron chi connectivity index (χ3n) is 4.10. The Balaban J connectivity index is 0.00000242. The molecular formula is C14H28IN3O3S. The number of nitrogens with one attached hydrogen (secondary N) is 2. The number of sulfone groups is 1. The number of rotatable bonds is 5. The van der Waals surface area contributed by atoms with E-state index in [2.05, 4.69) is 22.5 Å². The molecule has 2 rings (SSSR count). The number of aliphatic imine (C=N–C) groups is 1. The number of halogens is 1. The van der Waals surface area contributed by atoms with Crippen LogP contribution in [0.15, 0.2) is 4.99 Å². The second-order valence-electron chi connectivity index (χ2n) is 6.25. The summed E-state index contributed by atoms with van der Waals surface area (Å²) in [6, 6.07) is 0. The standard InChI is InChI=1S/C14H27N3O3S.HI/c1-3-15-13(17-11-14(2)6-4-7-20-14)16-9-12-5-8-21(18,19)10-12;/h12H,3-11H2,1-2H3,(H2,15,16,17);1H. The van der Waals surface area contributed by atoms with Gasteiger partial charge in [-0.05, 0) is 39.0 Å². The number of nitrogens with zero attached hydrogens (tertiary/aromatic N) is 1. The van der Waals surface area contributed by atoms with E-state index in [0.717, 1.165) is 38.4 Å². The van der Waals surface area contributed by atoms with Gasteiger partial charge < -0.3 is 15.4 Å². The van der Waals surface area contributed by atoms with E-state index in [1.54, 1.807) is 0 Å². The first-order chi connectivity index (χ1) is 9.92. The van der Waals surface area contributed by atoms with Gasteiger partial charge in [-0.15, -0.1) is 24.0 Å². The molecule has 0 spiro atoms. The molecule has 2 aliphatic rings. The van der Waals surface area contributed by atoms with E-state index >= 15 is 0 Å². The summed E-state index contributed by atoms with van der Waals surface area (Å²) in [5.41, 5.74) is -0.154. The van der Waals surface area contributed by atoms with Gasteiger partial charge in [0.05, 0.1) is 23.7 Å². The van der Waals surface area contributed by atoms with Crippen LogP contribution in [0.4, 0.5) is 0 Å². The number of hydrogen-bond donors (Lipinski definition) is 2. The van der Waals surface area contributed by atoms with Crippen molar-refractivity contribution in [3.8, 4) is 0 Å². The van der Waals surface area contributed by atoms with E-state index in [-0.39, 0.29) is 35.5 Å². The zero-order valence-electron chi connectivity index (χ0n) is 13.4. The maximum atomic E-state index is 11.5. The molecule has 2 unspecified atom stereocenters. The molecule has 130 valence electrons. The smallest absolute Gasteiger partial charge is 0.191 e. The maximum Gasteiger partial charge on any atom is 0.191 e. The van der Waals surface area contributed by atoms with Crippen molar-refractivity contribution in [2.45, 2.75) is 38.7 Å². The predicted molar refractivity (Wildman–Crippen MR) is 99.7 cm³/mol. The van der Waals surface area contributed by atoms with Gasteiger partial charge in [0.1, 0.15) is 0 Å². The van der Waals surface area contributed by atoms with Crippen molar-refractivity contribution in [1.29, 1.82) is 0 Å². The highest BCUT2D eigenvalue weighted by atomic mass is 127. The molecule has 2 atom stereocenters. The van der Waals surface area contributed by atoms with Crippen LogP contribution in [0.1, 0.15) is 33.1 Å². The van der Waals surface area contributed by atoms with E-state index in [4.69, 9.17) is 4.74 Å². The largest absolute Gasteiger partial charge is 0.373 e. The van der Waals surface area contributed by atoms with E-state index < -0.39 is 9.84 Å². The number of guanidine groups is 1. The van der Waals surface area contributed by atoms with Gasteiger partial charge >= 0.3 is 0 Å². The summed E-state index contributed by atoms with van der Waals surface area (Å²) in [6.07, 6.45) is 2.88. The van der Waals surface area contributed by atoms with Gasteiger partial charge in [-0.2, -0.15) is 0 Å². The van der Waals surface area contributed by atoms with Crippen molar-refractivity contribution in [3.63, 3.8) is 0 Å². The van der Waals surface area contributed by atoms with E-state index in [9.17, 15) is 8.42 Å². The molecule has 0 bridgehead atoms. The Morgan fingerprint density at radius 3 is 2.73 bits per heavy atom. The molecule has 0 saturated carbocycles. The van der Waals surface area contributed by atoms with Crippen molar-refractivity contribution in [2.24, 2.45) is 10.9 Å². The minimum absolute atomic E-state index is 0. The summed E-state index contributed by atoms with van der Waals surface area (Å²) in [5.74, 6) is 1.55. The lowest BCUT2D eigenvalue weighted by Gasteiger charge is -2.22. The molecular weight excluding hydrogens is 417 g/mol. The molecule has 8 heteroatoms. The summed E-state index contributed by atoms with van der Waals surface area (Å²) >= 11 is 0. The molecule has 0 amide bonds. The molecule has 6 nitrogen and oxygen atoms in total. The van der Waals surface area contributed by atoms with Crippen molar-refractivity contribution in [3.05, 3.63) is 0 Å². The first-order valence-corrected chi connectivity index (χ1v) is 9.61. The summed E-state index contributed by atoms with van der Waals surface area (Å²) in [7, 11) is -2.81. The zero-order chi connectivity index (χ0) is 15.3. The van der Waals surface area contributed by atoms with Crippen molar-refractivity contribution in [2.75, 3.05) is 37.7 Å². The lowest BCUT2D eigenvalue weighted by atomic mass is 10.0. The average molecular weight is 445 g/mol. The number of hydrogen-bond acceptors (Lipinski definition) is 4. The van der Waals surface area contributed by atoms with Crippen molar-refractivity contribution >= 4 is 39.8 Å². The van der Waals surface area contributed by atoms with E-state index in [1.807, 2.05) is 6.92 Å². The SMILES string of the molecule is CCNC(=NCC1(C)CCCO1)NCC1CCS(=O)(=O)C1.I. The highest BCUT2D eigenvalue weighted by Crippen LogP contribution is 2.25. The van der Waals surface area contributed by atoms with Crippen LogP contribution >= 0.6 is 24.0 Å². The van der Waals surface area contributed by atoms with Gasteiger partial charge in [0.15, 0.2) is 15.8 Å². The predicted octanol–water partition coefficient (Wildman–Crippen LogP) is 1.16. The van der Waals surface area contributed by atoms with Crippen LogP contribution < -0.4 is 10.6 Å². The molecule has 2 aliphatic heterocycles. The fourth-order valence-electron chi connectivity index (χ4n) is 2.82. The van der Waals surface area contributed by atoms with Gasteiger partial charge in [-0.1, -0.05) is 0 Å². The quantitative estimate of drug-likeness (QED) is 0.377. The molecule has 2 saturated heterocycles. The van der Waals surface area contributed by atoms with Crippen LogP contribution in [-0.4, -0.2) is 57.7 Å². The Bertz CT molecular complexity index is 476. The molecule has 22 heavy (non-hydrogen) atoms. The summed E-state index contributed by atoms with van der Waals surface area (Å²) in [4.78, 5) is 4.58. The van der Waals surface area contributed by atoms with Gasteiger partial charge in [0, 0.05) is 19.7 Å². The second kappa shape index (κ2) is 8.68. The second-order valence-corrected chi connectivity index (χ2v) is 8.48. The lowest BCUT2D eigenvalue weighted by Crippen LogP contribution is -2.41. The average Bonchev–Trinajstić information content (AvgIpc) is 3.00. The first kappa shape index (κ1) is 20.0. The first-order valence-electron chi connectivity index (χ1n) is 7.79. The highest BCUT2D eigenvalue weighted by Gasteiger charge is 2.30. The van der Waals surface area contributed by atoms with Gasteiger partial charge in [0.2, 0.25) is 0 Å². The van der Waals surface area contributed by atoms with Crippen molar-refractivity contribution in [1.82, 2.24) is 10.6 Å². The summed E-state index contributed by atoms with van der Waals surface area (Å²) < 4.78 is 28.7. The Morgan fingerprint density at radius 1 is 1.41 bits per heavy atom. The van der Waals surface area contributed by atoms with Crippen LogP contribution in [0.5, 0.6) is 0 Å². The van der Waals surface area contributed by atoms with E-state index in [1.165, 1.54) is 0 Å². The fraction of sp³-hybridized carbons (Fsp3) is 0.929. The summed E-state index contributed by atoms with van der Waals surface area (Å²) in [5, 5.41) is 6.46. The zero-order valence-corrected chi connectivity index (χ0v) is 16.6. The highest BCUT2D eigenvalue weighted by molar-refractivity contribution is 14.0. The van der Waals surface area contributed by atoms with Crippen LogP contribution in [0.3, 0.4) is 0 Å². The molecule has 2 heterocycles. The Kier molecular flexibility index (Phi) is 7.87. The van der Waals surface area contributed by atoms with Gasteiger partial charge in [-0.25, -0.2) is 8.42 Å². The molecule has 0 aliphatic carbocycles. The maximum absolute atomic E-state index is 11.5. The molecule has 0 aromatic rings. The van der Waals surface area contributed by atoms with Gasteiger partial charge in [-0.3, -0.25) is 4.99 Å². The van der Waals surface area contributed by atoms with Crippen molar-refractivity contribution < 1.29 is 13.2 Å². The Labute approximate surface area is 150 Å². The minimum atomic E-state index is -2.81. The van der Waals surface area contributed by atoms with Crippen LogP contribution in [0.2, 0.25) is 0 Å². The van der Waals surface area contributed by atoms with Gasteiger partial charge in [0.25, 0.3) is 0 Å². The third-order valence-corrected chi connectivity index (χ3v) is 5.94. The third kappa shape index (κ3) is 6.19. The fourth-order valence-corrected chi connectivity index (χ4v) is 4.69. The molecule has 0 aromatic heterocycles. The Morgan fingerprint density at radius 2 is 2.18 bits per heavy atom. The monoisotopic (exact) mass is 445 g/mol. The molecule has 2 N–H and O–H groups in total. The number of ether oxygens (including phenoxy) is 1. The lowest BCUT2D eigenvalue weighted by molar-refractivity contribution is 0.0283. The summed E-state index contributed by atoms with van der Waals surface area (Å²) in [6.45, 7) is 7.00. The van der Waals surface area contributed by atoms with Crippen LogP contribution in [-0.2, 0) is 14.6 Å².